The lowest BCUT2D eigenvalue weighted by Gasteiger charge is -2.03. The Morgan fingerprint density at radius 1 is 1.55 bits per heavy atom. The van der Waals surface area contributed by atoms with Gasteiger partial charge in [-0.15, -0.1) is 0 Å². The Hall–Kier alpha value is 0.320. The van der Waals surface area contributed by atoms with Gasteiger partial charge in [-0.3, -0.25) is 0 Å². The Kier molecular flexibility index (Phi) is 3.27. The zero-order chi connectivity index (χ0) is 8.43. The maximum atomic E-state index is 12.8. The number of benzene rings is 1. The molecule has 0 fully saturated rings. The molecule has 1 nitrogen and oxygen atoms in total. The van der Waals surface area contributed by atoms with Gasteiger partial charge in [0.1, 0.15) is 5.82 Å². The van der Waals surface area contributed by atoms with Crippen LogP contribution in [0.15, 0.2) is 16.6 Å². The second-order valence-electron chi connectivity index (χ2n) is 1.98. The van der Waals surface area contributed by atoms with Crippen molar-refractivity contribution in [2.45, 2.75) is 6.61 Å². The molecule has 0 bridgehead atoms. The Labute approximate surface area is 85.9 Å². The first-order valence-electron chi connectivity index (χ1n) is 2.90. The lowest BCUT2D eigenvalue weighted by molar-refractivity contribution is 0.279. The molecule has 1 aromatic carbocycles. The summed E-state index contributed by atoms with van der Waals surface area (Å²) in [6.45, 7) is -0.142. The maximum Gasteiger partial charge on any atom is 0.136 e. The summed E-state index contributed by atoms with van der Waals surface area (Å²) in [5, 5.41) is 8.82. The number of hydrogen-bond acceptors (Lipinski definition) is 1. The highest BCUT2D eigenvalue weighted by Gasteiger charge is 2.07. The summed E-state index contributed by atoms with van der Waals surface area (Å²) in [6, 6.07) is 2.95. The van der Waals surface area contributed by atoms with Gasteiger partial charge in [0.2, 0.25) is 0 Å². The largest absolute Gasteiger partial charge is 0.392 e. The predicted octanol–water partition coefficient (Wildman–Crippen LogP) is 2.69. The first-order chi connectivity index (χ1) is 5.16. The molecule has 11 heavy (non-hydrogen) atoms. The lowest BCUT2D eigenvalue weighted by atomic mass is 10.2. The first-order valence-corrected chi connectivity index (χ1v) is 4.77. The van der Waals surface area contributed by atoms with Crippen molar-refractivity contribution in [1.29, 1.82) is 0 Å². The highest BCUT2D eigenvalue weighted by atomic mass is 127. The average Bonchev–Trinajstić information content (AvgIpc) is 1.99. The molecule has 0 aliphatic rings. The van der Waals surface area contributed by atoms with Crippen molar-refractivity contribution in [3.05, 3.63) is 31.6 Å². The molecule has 0 spiro atoms. The molecule has 0 atom stereocenters. The van der Waals surface area contributed by atoms with E-state index in [-0.39, 0.29) is 12.4 Å². The van der Waals surface area contributed by atoms with Crippen LogP contribution in [-0.2, 0) is 6.61 Å². The molecular formula is C7H5BrFIO. The van der Waals surface area contributed by atoms with Crippen LogP contribution in [0.3, 0.4) is 0 Å². The number of rotatable bonds is 1. The van der Waals surface area contributed by atoms with Gasteiger partial charge in [-0.2, -0.15) is 0 Å². The van der Waals surface area contributed by atoms with Gasteiger partial charge in [-0.05, 0) is 34.7 Å². The highest BCUT2D eigenvalue weighted by molar-refractivity contribution is 14.1. The SMILES string of the molecule is OCc1c(Br)ccc(F)c1I. The summed E-state index contributed by atoms with van der Waals surface area (Å²) in [5.41, 5.74) is 0.602. The number of hydrogen-bond donors (Lipinski definition) is 1. The lowest BCUT2D eigenvalue weighted by Crippen LogP contribution is -1.93. The normalized spacial score (nSPS) is 10.2. The second-order valence-corrected chi connectivity index (χ2v) is 3.91. The molecule has 0 aliphatic heterocycles. The number of aliphatic hydroxyl groups excluding tert-OH is 1. The van der Waals surface area contributed by atoms with Crippen LogP contribution in [0.4, 0.5) is 4.39 Å². The van der Waals surface area contributed by atoms with Gasteiger partial charge in [-0.25, -0.2) is 4.39 Å². The molecule has 0 amide bonds. The zero-order valence-corrected chi connectivity index (χ0v) is 9.19. The van der Waals surface area contributed by atoms with Crippen LogP contribution in [0, 0.1) is 9.39 Å². The van der Waals surface area contributed by atoms with E-state index in [2.05, 4.69) is 15.9 Å². The molecular weight excluding hydrogens is 326 g/mol. The monoisotopic (exact) mass is 330 g/mol. The zero-order valence-electron chi connectivity index (χ0n) is 5.44. The van der Waals surface area contributed by atoms with Crippen molar-refractivity contribution < 1.29 is 9.50 Å². The third-order valence-electron chi connectivity index (χ3n) is 1.30. The second kappa shape index (κ2) is 3.82. The fraction of sp³-hybridized carbons (Fsp3) is 0.143. The summed E-state index contributed by atoms with van der Waals surface area (Å²) in [5.74, 6) is -0.294. The Morgan fingerprint density at radius 2 is 2.18 bits per heavy atom. The van der Waals surface area contributed by atoms with Gasteiger partial charge < -0.3 is 5.11 Å². The molecule has 0 aliphatic carbocycles. The van der Waals surface area contributed by atoms with Crippen LogP contribution < -0.4 is 0 Å². The van der Waals surface area contributed by atoms with Gasteiger partial charge in [0.25, 0.3) is 0 Å². The quantitative estimate of drug-likeness (QED) is 0.620. The van der Waals surface area contributed by atoms with Gasteiger partial charge >= 0.3 is 0 Å². The predicted molar refractivity (Wildman–Crippen MR) is 52.7 cm³/mol. The van der Waals surface area contributed by atoms with E-state index in [1.54, 1.807) is 6.07 Å². The molecule has 0 saturated heterocycles. The molecule has 4 heteroatoms. The van der Waals surface area contributed by atoms with E-state index in [9.17, 15) is 4.39 Å². The van der Waals surface area contributed by atoms with Crippen molar-refractivity contribution in [1.82, 2.24) is 0 Å². The Morgan fingerprint density at radius 3 is 2.64 bits per heavy atom. The molecule has 1 rings (SSSR count). The van der Waals surface area contributed by atoms with Crippen molar-refractivity contribution in [3.63, 3.8) is 0 Å². The van der Waals surface area contributed by atoms with Crippen LogP contribution in [0.2, 0.25) is 0 Å². The molecule has 1 aromatic rings. The molecule has 0 saturated carbocycles. The van der Waals surface area contributed by atoms with Crippen LogP contribution in [0.25, 0.3) is 0 Å². The van der Waals surface area contributed by atoms with Gasteiger partial charge in [-0.1, -0.05) is 15.9 Å². The van der Waals surface area contributed by atoms with Crippen LogP contribution in [0.5, 0.6) is 0 Å². The van der Waals surface area contributed by atoms with Crippen LogP contribution >= 0.6 is 38.5 Å². The van der Waals surface area contributed by atoms with E-state index in [1.165, 1.54) is 6.07 Å². The minimum absolute atomic E-state index is 0.142. The molecule has 1 N–H and O–H groups in total. The smallest absolute Gasteiger partial charge is 0.136 e. The summed E-state index contributed by atoms with van der Waals surface area (Å²) in [6.07, 6.45) is 0. The Bertz CT molecular complexity index is 277. The molecule has 60 valence electrons. The minimum Gasteiger partial charge on any atom is -0.392 e. The van der Waals surface area contributed by atoms with E-state index >= 15 is 0 Å². The third kappa shape index (κ3) is 1.91. The van der Waals surface area contributed by atoms with Crippen molar-refractivity contribution in [2.75, 3.05) is 0 Å². The highest BCUT2D eigenvalue weighted by Crippen LogP contribution is 2.24. The minimum atomic E-state index is -0.294. The topological polar surface area (TPSA) is 20.2 Å². The average molecular weight is 331 g/mol. The van der Waals surface area contributed by atoms with E-state index in [0.29, 0.717) is 9.13 Å². The van der Waals surface area contributed by atoms with Gasteiger partial charge in [0.05, 0.1) is 10.2 Å². The fourth-order valence-electron chi connectivity index (χ4n) is 0.714. The number of halogens is 3. The van der Waals surface area contributed by atoms with Crippen molar-refractivity contribution in [2.24, 2.45) is 0 Å². The van der Waals surface area contributed by atoms with Gasteiger partial charge in [0, 0.05) is 10.0 Å². The van der Waals surface area contributed by atoms with Crippen LogP contribution in [0.1, 0.15) is 5.56 Å². The van der Waals surface area contributed by atoms with Gasteiger partial charge in [0.15, 0.2) is 0 Å². The molecule has 0 unspecified atom stereocenters. The Balaban J connectivity index is 3.29. The van der Waals surface area contributed by atoms with E-state index in [1.807, 2.05) is 22.6 Å². The molecule has 0 aromatic heterocycles. The van der Waals surface area contributed by atoms with E-state index in [0.717, 1.165) is 4.47 Å². The maximum absolute atomic E-state index is 12.8. The summed E-state index contributed by atoms with van der Waals surface area (Å²) in [4.78, 5) is 0. The summed E-state index contributed by atoms with van der Waals surface area (Å²) < 4.78 is 14.0. The molecule has 0 heterocycles. The number of aliphatic hydroxyl groups is 1. The van der Waals surface area contributed by atoms with Crippen molar-refractivity contribution in [3.8, 4) is 0 Å². The standard InChI is InChI=1S/C7H5BrFIO/c8-5-1-2-6(9)7(10)4(5)3-11/h1-2,11H,3H2. The van der Waals surface area contributed by atoms with E-state index < -0.39 is 0 Å². The van der Waals surface area contributed by atoms with Crippen molar-refractivity contribution >= 4 is 38.5 Å². The first kappa shape index (κ1) is 9.41. The third-order valence-corrected chi connectivity index (χ3v) is 3.21. The summed E-state index contributed by atoms with van der Waals surface area (Å²) >= 11 is 5.08. The molecule has 0 radical (unpaired) electrons. The van der Waals surface area contributed by atoms with E-state index in [4.69, 9.17) is 5.11 Å². The fourth-order valence-corrected chi connectivity index (χ4v) is 2.18. The summed E-state index contributed by atoms with van der Waals surface area (Å²) in [7, 11) is 0. The van der Waals surface area contributed by atoms with Crippen LogP contribution in [-0.4, -0.2) is 5.11 Å².